The van der Waals surface area contributed by atoms with Crippen LogP contribution in [0.25, 0.3) is 16.7 Å². The number of amides is 1. The summed E-state index contributed by atoms with van der Waals surface area (Å²) >= 11 is 0. The Morgan fingerprint density at radius 2 is 1.68 bits per heavy atom. The molecular formula is C27H21FN2O4. The van der Waals surface area contributed by atoms with E-state index in [1.54, 1.807) is 12.1 Å². The second-order valence-corrected chi connectivity index (χ2v) is 8.20. The van der Waals surface area contributed by atoms with Crippen LogP contribution in [0, 0.1) is 5.82 Å². The number of aromatic hydroxyl groups is 1. The van der Waals surface area contributed by atoms with Gasteiger partial charge in [0.05, 0.1) is 11.6 Å². The number of phenolic OH excluding ortho intramolecular Hbond substituents is 1. The molecule has 0 bridgehead atoms. The van der Waals surface area contributed by atoms with Gasteiger partial charge in [-0.25, -0.2) is 4.39 Å². The summed E-state index contributed by atoms with van der Waals surface area (Å²) in [6, 6.07) is 18.2. The Hall–Kier alpha value is -4.39. The summed E-state index contributed by atoms with van der Waals surface area (Å²) in [5, 5.41) is 21.8. The number of aromatic nitrogens is 1. The van der Waals surface area contributed by atoms with Gasteiger partial charge in [-0.15, -0.1) is 0 Å². The van der Waals surface area contributed by atoms with Crippen molar-refractivity contribution in [1.29, 1.82) is 0 Å². The maximum atomic E-state index is 13.4. The summed E-state index contributed by atoms with van der Waals surface area (Å²) in [6.07, 6.45) is 2.37. The topological polar surface area (TPSA) is 93.6 Å². The number of hydrogen-bond donors (Lipinski definition) is 3. The van der Waals surface area contributed by atoms with Crippen LogP contribution in [0.3, 0.4) is 0 Å². The van der Waals surface area contributed by atoms with Gasteiger partial charge in [0, 0.05) is 29.2 Å². The van der Waals surface area contributed by atoms with Crippen molar-refractivity contribution in [3.63, 3.8) is 0 Å². The van der Waals surface area contributed by atoms with Gasteiger partial charge in [0.15, 0.2) is 0 Å². The van der Waals surface area contributed by atoms with E-state index in [0.29, 0.717) is 12.0 Å². The molecule has 1 unspecified atom stereocenters. The fraction of sp³-hybridized carbons (Fsp3) is 0.111. The molecule has 1 amide bonds. The van der Waals surface area contributed by atoms with Gasteiger partial charge >= 0.3 is 0 Å². The number of aliphatic hydroxyl groups excluding tert-OH is 1. The highest BCUT2D eigenvalue weighted by Crippen LogP contribution is 2.40. The van der Waals surface area contributed by atoms with E-state index in [1.807, 2.05) is 30.5 Å². The van der Waals surface area contributed by atoms with E-state index in [1.165, 1.54) is 41.3 Å². The average molecular weight is 456 g/mol. The van der Waals surface area contributed by atoms with Gasteiger partial charge in [0.2, 0.25) is 0 Å². The SMILES string of the molecule is O=C1C(=O)N(CCc2c[nH]c3ccccc23)C(c2ccc(O)cc2)C1=C(O)c1ccc(F)cc1. The molecule has 0 spiro atoms. The van der Waals surface area contributed by atoms with Crippen molar-refractivity contribution in [1.82, 2.24) is 9.88 Å². The normalized spacial score (nSPS) is 17.6. The third-order valence-electron chi connectivity index (χ3n) is 6.16. The van der Waals surface area contributed by atoms with E-state index in [9.17, 15) is 24.2 Å². The predicted molar refractivity (Wildman–Crippen MR) is 126 cm³/mol. The van der Waals surface area contributed by atoms with Crippen LogP contribution in [0.2, 0.25) is 0 Å². The fourth-order valence-electron chi connectivity index (χ4n) is 4.46. The molecule has 170 valence electrons. The van der Waals surface area contributed by atoms with Crippen LogP contribution in [0.1, 0.15) is 22.7 Å². The first kappa shape index (κ1) is 21.5. The Balaban J connectivity index is 1.56. The molecule has 3 aromatic carbocycles. The number of likely N-dealkylation sites (tertiary alicyclic amines) is 1. The third kappa shape index (κ3) is 3.71. The minimum atomic E-state index is -0.851. The Morgan fingerprint density at radius 1 is 0.971 bits per heavy atom. The molecule has 1 aliphatic rings. The molecule has 1 atom stereocenters. The van der Waals surface area contributed by atoms with E-state index in [2.05, 4.69) is 4.98 Å². The Morgan fingerprint density at radius 3 is 2.41 bits per heavy atom. The number of fused-ring (bicyclic) bond motifs is 1. The second kappa shape index (κ2) is 8.51. The molecule has 0 saturated carbocycles. The molecule has 0 radical (unpaired) electrons. The molecule has 2 heterocycles. The van der Waals surface area contributed by atoms with E-state index in [-0.39, 0.29) is 29.2 Å². The number of H-pyrrole nitrogens is 1. The van der Waals surface area contributed by atoms with Crippen LogP contribution in [0.5, 0.6) is 5.75 Å². The Bertz CT molecular complexity index is 1420. The number of aromatic amines is 1. The first-order valence-corrected chi connectivity index (χ1v) is 10.8. The number of phenols is 1. The van der Waals surface area contributed by atoms with Crippen molar-refractivity contribution in [3.05, 3.63) is 107 Å². The predicted octanol–water partition coefficient (Wildman–Crippen LogP) is 4.68. The summed E-state index contributed by atoms with van der Waals surface area (Å²) < 4.78 is 13.4. The smallest absolute Gasteiger partial charge is 0.295 e. The second-order valence-electron chi connectivity index (χ2n) is 8.20. The standard InChI is InChI=1S/C27H21FN2O4/c28-19-9-5-17(6-10-19)25(32)23-24(16-7-11-20(31)12-8-16)30(27(34)26(23)33)14-13-18-15-29-22-4-2-1-3-21(18)22/h1-12,15,24,29,31-32H,13-14H2. The zero-order chi connectivity index (χ0) is 23.8. The summed E-state index contributed by atoms with van der Waals surface area (Å²) in [5.41, 5.74) is 2.71. The minimum absolute atomic E-state index is 0.0398. The van der Waals surface area contributed by atoms with Crippen molar-refractivity contribution in [2.24, 2.45) is 0 Å². The highest BCUT2D eigenvalue weighted by molar-refractivity contribution is 6.46. The van der Waals surface area contributed by atoms with Crippen LogP contribution >= 0.6 is 0 Å². The average Bonchev–Trinajstić information content (AvgIpc) is 3.37. The lowest BCUT2D eigenvalue weighted by Crippen LogP contribution is -2.31. The highest BCUT2D eigenvalue weighted by atomic mass is 19.1. The Kier molecular flexibility index (Phi) is 5.37. The number of hydrogen-bond acceptors (Lipinski definition) is 4. The lowest BCUT2D eigenvalue weighted by Gasteiger charge is -2.25. The van der Waals surface area contributed by atoms with E-state index >= 15 is 0 Å². The van der Waals surface area contributed by atoms with Gasteiger partial charge in [-0.05, 0) is 60.0 Å². The number of benzene rings is 3. The maximum Gasteiger partial charge on any atom is 0.295 e. The summed E-state index contributed by atoms with van der Waals surface area (Å²) in [4.78, 5) is 30.8. The largest absolute Gasteiger partial charge is 0.508 e. The van der Waals surface area contributed by atoms with Crippen molar-refractivity contribution in [3.8, 4) is 5.75 Å². The third-order valence-corrected chi connectivity index (χ3v) is 6.16. The number of nitrogens with zero attached hydrogens (tertiary/aromatic N) is 1. The molecule has 6 nitrogen and oxygen atoms in total. The molecule has 34 heavy (non-hydrogen) atoms. The summed E-state index contributed by atoms with van der Waals surface area (Å²) in [5.74, 6) is -2.34. The van der Waals surface area contributed by atoms with Gasteiger partial charge in [-0.3, -0.25) is 9.59 Å². The molecule has 0 aliphatic carbocycles. The lowest BCUT2D eigenvalue weighted by atomic mass is 9.95. The zero-order valence-corrected chi connectivity index (χ0v) is 18.0. The van der Waals surface area contributed by atoms with Gasteiger partial charge in [-0.2, -0.15) is 0 Å². The number of carbonyl (C=O) groups excluding carboxylic acids is 2. The molecule has 1 saturated heterocycles. The van der Waals surface area contributed by atoms with E-state index in [0.717, 1.165) is 16.5 Å². The number of carbonyl (C=O) groups is 2. The van der Waals surface area contributed by atoms with Crippen LogP contribution < -0.4 is 0 Å². The molecule has 7 heteroatoms. The number of halogens is 1. The maximum absolute atomic E-state index is 13.4. The molecule has 3 N–H and O–H groups in total. The molecular weight excluding hydrogens is 435 g/mol. The number of Topliss-reactive ketones (excluding diaryl/α,β-unsaturated/α-hetero) is 1. The van der Waals surface area contributed by atoms with Crippen LogP contribution in [-0.2, 0) is 16.0 Å². The van der Waals surface area contributed by atoms with Gasteiger partial charge in [0.1, 0.15) is 17.3 Å². The van der Waals surface area contributed by atoms with Gasteiger partial charge < -0.3 is 20.1 Å². The van der Waals surface area contributed by atoms with E-state index in [4.69, 9.17) is 0 Å². The highest BCUT2D eigenvalue weighted by Gasteiger charge is 2.45. The number of para-hydroxylation sites is 1. The summed E-state index contributed by atoms with van der Waals surface area (Å²) in [7, 11) is 0. The van der Waals surface area contributed by atoms with Crippen molar-refractivity contribution in [2.75, 3.05) is 6.54 Å². The van der Waals surface area contributed by atoms with E-state index < -0.39 is 23.5 Å². The number of nitrogens with one attached hydrogen (secondary N) is 1. The van der Waals surface area contributed by atoms with Crippen molar-refractivity contribution < 1.29 is 24.2 Å². The molecule has 4 aromatic rings. The van der Waals surface area contributed by atoms with Crippen LogP contribution in [-0.4, -0.2) is 38.3 Å². The first-order chi connectivity index (χ1) is 16.4. The zero-order valence-electron chi connectivity index (χ0n) is 18.0. The number of aliphatic hydroxyl groups is 1. The van der Waals surface area contributed by atoms with Gasteiger partial charge in [-0.1, -0.05) is 30.3 Å². The molecule has 1 aromatic heterocycles. The molecule has 1 aliphatic heterocycles. The van der Waals surface area contributed by atoms with Crippen LogP contribution in [0.15, 0.2) is 84.6 Å². The molecule has 1 fully saturated rings. The first-order valence-electron chi connectivity index (χ1n) is 10.8. The lowest BCUT2D eigenvalue weighted by molar-refractivity contribution is -0.139. The van der Waals surface area contributed by atoms with Crippen molar-refractivity contribution in [2.45, 2.75) is 12.5 Å². The minimum Gasteiger partial charge on any atom is -0.508 e. The Labute approximate surface area is 194 Å². The van der Waals surface area contributed by atoms with Crippen molar-refractivity contribution >= 4 is 28.4 Å². The monoisotopic (exact) mass is 456 g/mol. The quantitative estimate of drug-likeness (QED) is 0.231. The summed E-state index contributed by atoms with van der Waals surface area (Å²) in [6.45, 7) is 0.234. The van der Waals surface area contributed by atoms with Gasteiger partial charge in [0.25, 0.3) is 11.7 Å². The number of ketones is 1. The number of rotatable bonds is 5. The fourth-order valence-corrected chi connectivity index (χ4v) is 4.46. The van der Waals surface area contributed by atoms with Crippen LogP contribution in [0.4, 0.5) is 4.39 Å². The molecule has 5 rings (SSSR count).